The first-order chi connectivity index (χ1) is 7.36. The summed E-state index contributed by atoms with van der Waals surface area (Å²) in [7, 11) is 0. The first-order valence-electron chi connectivity index (χ1n) is 5.69. The van der Waals surface area contributed by atoms with E-state index in [1.54, 1.807) is 0 Å². The van der Waals surface area contributed by atoms with Gasteiger partial charge in [-0.3, -0.25) is 0 Å². The Morgan fingerprint density at radius 2 is 1.44 bits per heavy atom. The van der Waals surface area contributed by atoms with Gasteiger partial charge in [0.25, 0.3) is 0 Å². The summed E-state index contributed by atoms with van der Waals surface area (Å²) in [5.41, 5.74) is 0. The van der Waals surface area contributed by atoms with Gasteiger partial charge < -0.3 is 23.7 Å². The average molecular weight is 230 g/mol. The van der Waals surface area contributed by atoms with E-state index >= 15 is 0 Å². The molecule has 3 aliphatic heterocycles. The minimum absolute atomic E-state index is 0.0613. The summed E-state index contributed by atoms with van der Waals surface area (Å²) < 4.78 is 28.6. The lowest BCUT2D eigenvalue weighted by molar-refractivity contribution is -0.205. The van der Waals surface area contributed by atoms with Crippen LogP contribution < -0.4 is 0 Å². The van der Waals surface area contributed by atoms with E-state index in [0.29, 0.717) is 6.61 Å². The maximum Gasteiger partial charge on any atom is 0.189 e. The van der Waals surface area contributed by atoms with Crippen LogP contribution in [0.4, 0.5) is 0 Å². The van der Waals surface area contributed by atoms with Gasteiger partial charge in [-0.1, -0.05) is 0 Å². The molecule has 0 radical (unpaired) electrons. The van der Waals surface area contributed by atoms with Crippen molar-refractivity contribution in [1.82, 2.24) is 0 Å². The Balaban J connectivity index is 1.81. The van der Waals surface area contributed by atoms with Gasteiger partial charge in [0, 0.05) is 0 Å². The Morgan fingerprint density at radius 1 is 0.812 bits per heavy atom. The highest BCUT2D eigenvalue weighted by molar-refractivity contribution is 4.95. The summed E-state index contributed by atoms with van der Waals surface area (Å²) in [6, 6.07) is 0. The third-order valence-electron chi connectivity index (χ3n) is 3.06. The zero-order chi connectivity index (χ0) is 11.6. The van der Waals surface area contributed by atoms with Gasteiger partial charge >= 0.3 is 0 Å². The van der Waals surface area contributed by atoms with Crippen LogP contribution in [0.1, 0.15) is 27.7 Å². The van der Waals surface area contributed by atoms with Gasteiger partial charge in [0.2, 0.25) is 0 Å². The van der Waals surface area contributed by atoms with Gasteiger partial charge in [-0.05, 0) is 27.7 Å². The number of rotatable bonds is 0. The van der Waals surface area contributed by atoms with Gasteiger partial charge in [-0.15, -0.1) is 0 Å². The molecule has 0 amide bonds. The topological polar surface area (TPSA) is 46.2 Å². The highest BCUT2D eigenvalue weighted by Crippen LogP contribution is 2.41. The standard InChI is InChI=1S/C11H18O5/c1-10(2)13-6-5-12-9-8(7(6)14-10)15-11(3,4)16-9/h6-9H,5H2,1-4H3/t6-,7-,8?,9?/m0/s1. The fourth-order valence-corrected chi connectivity index (χ4v) is 2.57. The second-order valence-electron chi connectivity index (χ2n) is 5.44. The van der Waals surface area contributed by atoms with E-state index in [9.17, 15) is 0 Å². The summed E-state index contributed by atoms with van der Waals surface area (Å²) >= 11 is 0. The van der Waals surface area contributed by atoms with Crippen LogP contribution in [0.3, 0.4) is 0 Å². The molecule has 3 heterocycles. The second-order valence-corrected chi connectivity index (χ2v) is 5.44. The molecule has 16 heavy (non-hydrogen) atoms. The Kier molecular flexibility index (Phi) is 2.17. The third-order valence-corrected chi connectivity index (χ3v) is 3.06. The summed E-state index contributed by atoms with van der Waals surface area (Å²) in [4.78, 5) is 0. The van der Waals surface area contributed by atoms with Crippen LogP contribution in [-0.2, 0) is 23.7 Å². The highest BCUT2D eigenvalue weighted by atomic mass is 16.8. The second kappa shape index (κ2) is 3.17. The number of hydrogen-bond acceptors (Lipinski definition) is 5. The van der Waals surface area contributed by atoms with Crippen molar-refractivity contribution in [3.05, 3.63) is 0 Å². The van der Waals surface area contributed by atoms with Crippen LogP contribution in [0.2, 0.25) is 0 Å². The van der Waals surface area contributed by atoms with E-state index in [2.05, 4.69) is 0 Å². The van der Waals surface area contributed by atoms with Gasteiger partial charge in [-0.25, -0.2) is 0 Å². The van der Waals surface area contributed by atoms with E-state index in [4.69, 9.17) is 23.7 Å². The maximum atomic E-state index is 5.85. The molecule has 0 aromatic carbocycles. The Morgan fingerprint density at radius 3 is 2.19 bits per heavy atom. The zero-order valence-electron chi connectivity index (χ0n) is 10.1. The first kappa shape index (κ1) is 10.9. The Hall–Kier alpha value is -0.200. The van der Waals surface area contributed by atoms with Crippen LogP contribution in [0.25, 0.3) is 0 Å². The number of hydrogen-bond donors (Lipinski definition) is 0. The number of fused-ring (bicyclic) bond motifs is 3. The van der Waals surface area contributed by atoms with E-state index in [-0.39, 0.29) is 24.6 Å². The molecule has 0 bridgehead atoms. The molecule has 0 aliphatic carbocycles. The van der Waals surface area contributed by atoms with Crippen LogP contribution >= 0.6 is 0 Å². The summed E-state index contributed by atoms with van der Waals surface area (Å²) in [6.07, 6.45) is -0.700. The Labute approximate surface area is 94.9 Å². The van der Waals surface area contributed by atoms with Crippen molar-refractivity contribution in [1.29, 1.82) is 0 Å². The van der Waals surface area contributed by atoms with Crippen molar-refractivity contribution in [2.75, 3.05) is 6.61 Å². The SMILES string of the molecule is CC1(C)OC2OC[C@@H]3OC(C)(C)O[C@@H]3C2O1. The molecule has 0 spiro atoms. The maximum absolute atomic E-state index is 5.85. The quantitative estimate of drug-likeness (QED) is 0.621. The smallest absolute Gasteiger partial charge is 0.189 e. The summed E-state index contributed by atoms with van der Waals surface area (Å²) in [6.45, 7) is 8.06. The van der Waals surface area contributed by atoms with Crippen molar-refractivity contribution in [3.8, 4) is 0 Å². The molecule has 3 saturated heterocycles. The molecule has 0 aromatic rings. The Bertz CT molecular complexity index is 271. The molecule has 5 nitrogen and oxygen atoms in total. The van der Waals surface area contributed by atoms with Crippen molar-refractivity contribution >= 4 is 0 Å². The molecule has 92 valence electrons. The van der Waals surface area contributed by atoms with Crippen molar-refractivity contribution in [3.63, 3.8) is 0 Å². The first-order valence-corrected chi connectivity index (χ1v) is 5.69. The molecule has 3 aliphatic rings. The van der Waals surface area contributed by atoms with Gasteiger partial charge in [0.1, 0.15) is 18.3 Å². The van der Waals surface area contributed by atoms with Crippen molar-refractivity contribution in [2.24, 2.45) is 0 Å². The lowest BCUT2D eigenvalue weighted by Gasteiger charge is -2.30. The zero-order valence-corrected chi connectivity index (χ0v) is 10.1. The minimum atomic E-state index is -0.611. The molecule has 0 aromatic heterocycles. The van der Waals surface area contributed by atoms with E-state index in [1.807, 2.05) is 27.7 Å². The number of ether oxygens (including phenoxy) is 5. The van der Waals surface area contributed by atoms with Crippen molar-refractivity contribution < 1.29 is 23.7 Å². The lowest BCUT2D eigenvalue weighted by atomic mass is 10.1. The van der Waals surface area contributed by atoms with Gasteiger partial charge in [0.15, 0.2) is 17.9 Å². The summed E-state index contributed by atoms with van der Waals surface area (Å²) in [5.74, 6) is -1.18. The molecule has 5 heteroatoms. The third kappa shape index (κ3) is 1.67. The van der Waals surface area contributed by atoms with E-state index in [0.717, 1.165) is 0 Å². The highest BCUT2D eigenvalue weighted by Gasteiger charge is 2.57. The summed E-state index contributed by atoms with van der Waals surface area (Å²) in [5, 5.41) is 0. The van der Waals surface area contributed by atoms with Gasteiger partial charge in [0.05, 0.1) is 6.61 Å². The monoisotopic (exact) mass is 230 g/mol. The van der Waals surface area contributed by atoms with Crippen LogP contribution in [0, 0.1) is 0 Å². The van der Waals surface area contributed by atoms with Crippen LogP contribution in [0.15, 0.2) is 0 Å². The predicted octanol–water partition coefficient (Wildman–Crippen LogP) is 1.01. The van der Waals surface area contributed by atoms with Crippen LogP contribution in [0.5, 0.6) is 0 Å². The van der Waals surface area contributed by atoms with Gasteiger partial charge in [-0.2, -0.15) is 0 Å². The molecule has 0 N–H and O–H groups in total. The van der Waals surface area contributed by atoms with E-state index in [1.165, 1.54) is 0 Å². The van der Waals surface area contributed by atoms with Crippen LogP contribution in [-0.4, -0.2) is 42.8 Å². The lowest BCUT2D eigenvalue weighted by Crippen LogP contribution is -2.50. The molecule has 2 unspecified atom stereocenters. The molecule has 3 rings (SSSR count). The normalized spacial score (nSPS) is 48.8. The fourth-order valence-electron chi connectivity index (χ4n) is 2.57. The largest absolute Gasteiger partial charge is 0.347 e. The molecule has 4 atom stereocenters. The predicted molar refractivity (Wildman–Crippen MR) is 53.6 cm³/mol. The molecule has 3 fully saturated rings. The van der Waals surface area contributed by atoms with Crippen molar-refractivity contribution in [2.45, 2.75) is 63.9 Å². The molecule has 0 saturated carbocycles. The minimum Gasteiger partial charge on any atom is -0.347 e. The molecular formula is C11H18O5. The fraction of sp³-hybridized carbons (Fsp3) is 1.00. The van der Waals surface area contributed by atoms with E-state index < -0.39 is 11.6 Å². The average Bonchev–Trinajstić information content (AvgIpc) is 2.58. The molecular weight excluding hydrogens is 212 g/mol.